The SMILES string of the molecule is Cc1nc(CN2CCN(C(=O)c3ccccc3Sc3ccc(Br)cn3)CC2)cs1. The Morgan fingerprint density at radius 1 is 1.17 bits per heavy atom. The molecule has 5 nitrogen and oxygen atoms in total. The van der Waals surface area contributed by atoms with E-state index in [1.54, 1.807) is 17.5 Å². The van der Waals surface area contributed by atoms with Crippen LogP contribution in [-0.2, 0) is 6.54 Å². The van der Waals surface area contributed by atoms with Gasteiger partial charge in [-0.2, -0.15) is 0 Å². The fourth-order valence-corrected chi connectivity index (χ4v) is 4.97. The van der Waals surface area contributed by atoms with Gasteiger partial charge in [-0.3, -0.25) is 9.69 Å². The van der Waals surface area contributed by atoms with Gasteiger partial charge in [0.2, 0.25) is 0 Å². The number of aromatic nitrogens is 2. The second-order valence-corrected chi connectivity index (χ2v) is 9.88. The van der Waals surface area contributed by atoms with Gasteiger partial charge in [0.15, 0.2) is 0 Å². The molecule has 0 N–H and O–H groups in total. The number of rotatable bonds is 5. The number of amides is 1. The van der Waals surface area contributed by atoms with Gasteiger partial charge in [-0.15, -0.1) is 11.3 Å². The van der Waals surface area contributed by atoms with Gasteiger partial charge in [-0.25, -0.2) is 9.97 Å². The molecule has 0 saturated carbocycles. The van der Waals surface area contributed by atoms with Gasteiger partial charge < -0.3 is 4.90 Å². The van der Waals surface area contributed by atoms with Crippen LogP contribution < -0.4 is 0 Å². The maximum Gasteiger partial charge on any atom is 0.255 e. The highest BCUT2D eigenvalue weighted by molar-refractivity contribution is 9.10. The smallest absolute Gasteiger partial charge is 0.255 e. The number of nitrogens with zero attached hydrogens (tertiary/aromatic N) is 4. The fourth-order valence-electron chi connectivity index (χ4n) is 3.26. The zero-order chi connectivity index (χ0) is 20.2. The molecule has 8 heteroatoms. The lowest BCUT2D eigenvalue weighted by Crippen LogP contribution is -2.48. The molecule has 1 amide bonds. The van der Waals surface area contributed by atoms with Gasteiger partial charge in [-0.1, -0.05) is 23.9 Å². The van der Waals surface area contributed by atoms with Crippen LogP contribution in [0, 0.1) is 6.92 Å². The monoisotopic (exact) mass is 488 g/mol. The maximum absolute atomic E-state index is 13.2. The minimum absolute atomic E-state index is 0.0920. The number of piperazine rings is 1. The molecular weight excluding hydrogens is 468 g/mol. The van der Waals surface area contributed by atoms with Gasteiger partial charge >= 0.3 is 0 Å². The number of benzene rings is 1. The minimum atomic E-state index is 0.0920. The zero-order valence-electron chi connectivity index (χ0n) is 16.0. The largest absolute Gasteiger partial charge is 0.336 e. The molecule has 1 fully saturated rings. The molecule has 1 aliphatic heterocycles. The van der Waals surface area contributed by atoms with Crippen molar-refractivity contribution in [2.24, 2.45) is 0 Å². The highest BCUT2D eigenvalue weighted by atomic mass is 79.9. The molecule has 0 atom stereocenters. The van der Waals surface area contributed by atoms with E-state index in [4.69, 9.17) is 0 Å². The molecule has 1 aliphatic rings. The summed E-state index contributed by atoms with van der Waals surface area (Å²) in [6, 6.07) is 11.7. The highest BCUT2D eigenvalue weighted by Gasteiger charge is 2.24. The summed E-state index contributed by atoms with van der Waals surface area (Å²) in [5.41, 5.74) is 1.86. The molecule has 0 bridgehead atoms. The molecule has 3 aromatic rings. The number of carbonyl (C=O) groups excluding carboxylic acids is 1. The van der Waals surface area contributed by atoms with Crippen molar-refractivity contribution in [3.63, 3.8) is 0 Å². The first kappa shape index (κ1) is 20.5. The summed E-state index contributed by atoms with van der Waals surface area (Å²) in [7, 11) is 0. The van der Waals surface area contributed by atoms with Crippen molar-refractivity contribution in [3.8, 4) is 0 Å². The van der Waals surface area contributed by atoms with E-state index in [-0.39, 0.29) is 5.91 Å². The van der Waals surface area contributed by atoms with Crippen LogP contribution in [0.3, 0.4) is 0 Å². The summed E-state index contributed by atoms with van der Waals surface area (Å²) < 4.78 is 0.942. The van der Waals surface area contributed by atoms with E-state index in [9.17, 15) is 4.79 Å². The van der Waals surface area contributed by atoms with Crippen molar-refractivity contribution in [3.05, 3.63) is 68.7 Å². The standard InChI is InChI=1S/C21H21BrN4OS2/c1-15-24-17(14-28-15)13-25-8-10-26(11-9-25)21(27)18-4-2-3-5-19(18)29-20-7-6-16(22)12-23-20/h2-7,12,14H,8-11,13H2,1H3. The van der Waals surface area contributed by atoms with Crippen LogP contribution >= 0.6 is 39.0 Å². The van der Waals surface area contributed by atoms with Crippen molar-refractivity contribution in [2.45, 2.75) is 23.4 Å². The van der Waals surface area contributed by atoms with Crippen LogP contribution in [0.15, 0.2) is 62.4 Å². The molecule has 0 radical (unpaired) electrons. The molecule has 29 heavy (non-hydrogen) atoms. The average molecular weight is 489 g/mol. The van der Waals surface area contributed by atoms with E-state index in [1.165, 1.54) is 11.8 Å². The van der Waals surface area contributed by atoms with Crippen molar-refractivity contribution in [2.75, 3.05) is 26.2 Å². The molecule has 150 valence electrons. The van der Waals surface area contributed by atoms with Gasteiger partial charge in [0.1, 0.15) is 5.03 Å². The lowest BCUT2D eigenvalue weighted by atomic mass is 10.1. The topological polar surface area (TPSA) is 49.3 Å². The minimum Gasteiger partial charge on any atom is -0.336 e. The summed E-state index contributed by atoms with van der Waals surface area (Å²) in [6.07, 6.45) is 1.77. The fraction of sp³-hybridized carbons (Fsp3) is 0.286. The van der Waals surface area contributed by atoms with Crippen LogP contribution in [0.1, 0.15) is 21.1 Å². The Balaban J connectivity index is 1.40. The predicted molar refractivity (Wildman–Crippen MR) is 121 cm³/mol. The molecule has 0 aliphatic carbocycles. The first-order valence-corrected chi connectivity index (χ1v) is 11.9. The van der Waals surface area contributed by atoms with Gasteiger partial charge in [-0.05, 0) is 47.1 Å². The van der Waals surface area contributed by atoms with Gasteiger partial charge in [0, 0.05) is 53.7 Å². The van der Waals surface area contributed by atoms with Crippen molar-refractivity contribution in [1.82, 2.24) is 19.8 Å². The molecule has 4 rings (SSSR count). The van der Waals surface area contributed by atoms with Crippen molar-refractivity contribution >= 4 is 44.9 Å². The van der Waals surface area contributed by atoms with Crippen LogP contribution in [-0.4, -0.2) is 51.9 Å². The first-order chi connectivity index (χ1) is 14.1. The number of pyridine rings is 1. The highest BCUT2D eigenvalue weighted by Crippen LogP contribution is 2.30. The van der Waals surface area contributed by atoms with Crippen LogP contribution in [0.4, 0.5) is 0 Å². The van der Waals surface area contributed by atoms with Crippen molar-refractivity contribution < 1.29 is 4.79 Å². The predicted octanol–water partition coefficient (Wildman–Crippen LogP) is 4.72. The van der Waals surface area contributed by atoms with Crippen LogP contribution in [0.2, 0.25) is 0 Å². The quantitative estimate of drug-likeness (QED) is 0.519. The normalized spacial score (nSPS) is 14.9. The Morgan fingerprint density at radius 2 is 1.97 bits per heavy atom. The molecular formula is C21H21BrN4OS2. The Morgan fingerprint density at radius 3 is 2.66 bits per heavy atom. The number of hydrogen-bond acceptors (Lipinski definition) is 6. The van der Waals surface area contributed by atoms with E-state index in [2.05, 4.69) is 36.2 Å². The molecule has 2 aromatic heterocycles. The Bertz CT molecular complexity index is 984. The Labute approximate surface area is 187 Å². The third-order valence-corrected chi connectivity index (χ3v) is 7.06. The van der Waals surface area contributed by atoms with Crippen LogP contribution in [0.25, 0.3) is 0 Å². The lowest BCUT2D eigenvalue weighted by Gasteiger charge is -2.34. The van der Waals surface area contributed by atoms with Gasteiger partial charge in [0.25, 0.3) is 5.91 Å². The number of thiazole rings is 1. The Kier molecular flexibility index (Phi) is 6.64. The average Bonchev–Trinajstić information content (AvgIpc) is 3.15. The second-order valence-electron chi connectivity index (χ2n) is 6.84. The molecule has 0 unspecified atom stereocenters. The van der Waals surface area contributed by atoms with E-state index >= 15 is 0 Å². The summed E-state index contributed by atoms with van der Waals surface area (Å²) in [5, 5.41) is 4.09. The van der Waals surface area contributed by atoms with E-state index in [1.807, 2.05) is 48.2 Å². The third-order valence-electron chi connectivity index (χ3n) is 4.74. The van der Waals surface area contributed by atoms with E-state index < -0.39 is 0 Å². The second kappa shape index (κ2) is 9.38. The summed E-state index contributed by atoms with van der Waals surface area (Å²) in [6.45, 7) is 6.09. The number of aryl methyl sites for hydroxylation is 1. The molecule has 1 aromatic carbocycles. The maximum atomic E-state index is 13.2. The summed E-state index contributed by atoms with van der Waals surface area (Å²) in [5.74, 6) is 0.0920. The Hall–Kier alpha value is -1.74. The summed E-state index contributed by atoms with van der Waals surface area (Å²) in [4.78, 5) is 27.4. The number of carbonyl (C=O) groups is 1. The third kappa shape index (κ3) is 5.25. The number of halogens is 1. The molecule has 0 spiro atoms. The van der Waals surface area contributed by atoms with E-state index in [0.29, 0.717) is 0 Å². The first-order valence-electron chi connectivity index (χ1n) is 9.39. The van der Waals surface area contributed by atoms with Gasteiger partial charge in [0.05, 0.1) is 16.3 Å². The lowest BCUT2D eigenvalue weighted by molar-refractivity contribution is 0.0624. The van der Waals surface area contributed by atoms with Crippen molar-refractivity contribution in [1.29, 1.82) is 0 Å². The molecule has 1 saturated heterocycles. The van der Waals surface area contributed by atoms with Crippen LogP contribution in [0.5, 0.6) is 0 Å². The zero-order valence-corrected chi connectivity index (χ0v) is 19.3. The van der Waals surface area contributed by atoms with E-state index in [0.717, 1.165) is 63.4 Å². The number of hydrogen-bond donors (Lipinski definition) is 0. The molecule has 3 heterocycles. The summed E-state index contributed by atoms with van der Waals surface area (Å²) >= 11 is 6.62.